The van der Waals surface area contributed by atoms with Gasteiger partial charge in [0.1, 0.15) is 0 Å². The van der Waals surface area contributed by atoms with E-state index >= 15 is 0 Å². The van der Waals surface area contributed by atoms with E-state index < -0.39 is 15.9 Å². The molecular formula is C13H17BrN2O4S. The van der Waals surface area contributed by atoms with Crippen LogP contribution in [0.1, 0.15) is 12.0 Å². The third-order valence-corrected chi connectivity index (χ3v) is 6.29. The standard InChI is InChI=1S/C13H17BrN2O4S/c1-8-5-10(14)11(15)6-12(8)21(18,19)16-4-3-9(7-16)13(17)20-2/h5-6,9H,3-4,7,15H2,1-2H3. The number of nitrogens with two attached hydrogens (primary N) is 1. The summed E-state index contributed by atoms with van der Waals surface area (Å²) in [6.07, 6.45) is 0.469. The van der Waals surface area contributed by atoms with Gasteiger partial charge in [0.2, 0.25) is 10.0 Å². The van der Waals surface area contributed by atoms with Crippen molar-refractivity contribution in [2.75, 3.05) is 25.9 Å². The number of carbonyl (C=O) groups is 1. The highest BCUT2D eigenvalue weighted by atomic mass is 79.9. The van der Waals surface area contributed by atoms with Crippen molar-refractivity contribution in [1.29, 1.82) is 0 Å². The van der Waals surface area contributed by atoms with E-state index in [0.29, 0.717) is 28.7 Å². The van der Waals surface area contributed by atoms with Gasteiger partial charge in [-0.1, -0.05) is 0 Å². The second-order valence-electron chi connectivity index (χ2n) is 5.01. The zero-order chi connectivity index (χ0) is 15.8. The number of methoxy groups -OCH3 is 1. The van der Waals surface area contributed by atoms with Crippen molar-refractivity contribution in [3.05, 3.63) is 22.2 Å². The zero-order valence-electron chi connectivity index (χ0n) is 11.8. The fourth-order valence-electron chi connectivity index (χ4n) is 2.39. The molecule has 1 saturated heterocycles. The summed E-state index contributed by atoms with van der Waals surface area (Å²) >= 11 is 3.27. The second-order valence-corrected chi connectivity index (χ2v) is 7.77. The summed E-state index contributed by atoms with van der Waals surface area (Å²) in [7, 11) is -2.35. The Morgan fingerprint density at radius 1 is 1.48 bits per heavy atom. The first kappa shape index (κ1) is 16.3. The minimum Gasteiger partial charge on any atom is -0.469 e. The number of hydrogen-bond donors (Lipinski definition) is 1. The molecular weight excluding hydrogens is 360 g/mol. The molecule has 116 valence electrons. The molecule has 1 unspecified atom stereocenters. The fourth-order valence-corrected chi connectivity index (χ4v) is 4.59. The maximum absolute atomic E-state index is 12.7. The normalized spacial score (nSPS) is 19.7. The molecule has 1 atom stereocenters. The van der Waals surface area contributed by atoms with Crippen molar-refractivity contribution in [2.45, 2.75) is 18.2 Å². The van der Waals surface area contributed by atoms with Gasteiger partial charge in [-0.3, -0.25) is 4.79 Å². The highest BCUT2D eigenvalue weighted by molar-refractivity contribution is 9.10. The summed E-state index contributed by atoms with van der Waals surface area (Å²) in [5.74, 6) is -0.780. The Balaban J connectivity index is 2.32. The Kier molecular flexibility index (Phi) is 4.60. The van der Waals surface area contributed by atoms with Crippen LogP contribution in [0, 0.1) is 12.8 Å². The Labute approximate surface area is 132 Å². The van der Waals surface area contributed by atoms with Gasteiger partial charge in [-0.15, -0.1) is 0 Å². The molecule has 0 bridgehead atoms. The molecule has 6 nitrogen and oxygen atoms in total. The first-order valence-corrected chi connectivity index (χ1v) is 8.64. The molecule has 0 saturated carbocycles. The van der Waals surface area contributed by atoms with Crippen molar-refractivity contribution in [2.24, 2.45) is 5.92 Å². The Morgan fingerprint density at radius 2 is 2.14 bits per heavy atom. The molecule has 1 aromatic carbocycles. The molecule has 1 aliphatic rings. The topological polar surface area (TPSA) is 89.7 Å². The number of ether oxygens (including phenoxy) is 1. The highest BCUT2D eigenvalue weighted by Crippen LogP contribution is 2.31. The molecule has 2 rings (SSSR count). The number of benzene rings is 1. The minimum absolute atomic E-state index is 0.143. The van der Waals surface area contributed by atoms with Gasteiger partial charge in [-0.25, -0.2) is 8.42 Å². The van der Waals surface area contributed by atoms with Crippen LogP contribution in [0.5, 0.6) is 0 Å². The van der Waals surface area contributed by atoms with Crippen molar-refractivity contribution < 1.29 is 17.9 Å². The van der Waals surface area contributed by atoms with Crippen LogP contribution in [0.15, 0.2) is 21.5 Å². The molecule has 1 heterocycles. The summed E-state index contributed by atoms with van der Waals surface area (Å²) < 4.78 is 32.0. The number of nitrogen functional groups attached to an aromatic ring is 1. The molecule has 8 heteroatoms. The largest absolute Gasteiger partial charge is 0.469 e. The molecule has 21 heavy (non-hydrogen) atoms. The summed E-state index contributed by atoms with van der Waals surface area (Å²) in [5, 5.41) is 0. The first-order chi connectivity index (χ1) is 9.77. The number of anilines is 1. The predicted octanol–water partition coefficient (Wildman–Crippen LogP) is 1.52. The number of carbonyl (C=O) groups excluding carboxylic acids is 1. The van der Waals surface area contributed by atoms with Gasteiger partial charge in [0.25, 0.3) is 0 Å². The average molecular weight is 377 g/mol. The summed E-state index contributed by atoms with van der Waals surface area (Å²) in [4.78, 5) is 11.7. The van der Waals surface area contributed by atoms with Crippen LogP contribution in [0.3, 0.4) is 0 Å². The van der Waals surface area contributed by atoms with Gasteiger partial charge in [-0.05, 0) is 47.0 Å². The third kappa shape index (κ3) is 3.07. The van der Waals surface area contributed by atoms with Crippen LogP contribution < -0.4 is 5.73 Å². The lowest BCUT2D eigenvalue weighted by molar-refractivity contribution is -0.144. The van der Waals surface area contributed by atoms with Gasteiger partial charge in [0, 0.05) is 23.2 Å². The van der Waals surface area contributed by atoms with E-state index in [1.165, 1.54) is 17.5 Å². The molecule has 0 radical (unpaired) electrons. The Bertz CT molecular complexity index is 675. The summed E-state index contributed by atoms with van der Waals surface area (Å²) in [6, 6.07) is 3.12. The monoisotopic (exact) mass is 376 g/mol. The average Bonchev–Trinajstić information content (AvgIpc) is 2.92. The fraction of sp³-hybridized carbons (Fsp3) is 0.462. The smallest absolute Gasteiger partial charge is 0.310 e. The van der Waals surface area contributed by atoms with E-state index in [2.05, 4.69) is 20.7 Å². The maximum Gasteiger partial charge on any atom is 0.310 e. The highest BCUT2D eigenvalue weighted by Gasteiger charge is 2.37. The van der Waals surface area contributed by atoms with Gasteiger partial charge >= 0.3 is 5.97 Å². The molecule has 0 spiro atoms. The molecule has 0 aromatic heterocycles. The van der Waals surface area contributed by atoms with E-state index in [0.717, 1.165) is 0 Å². The van der Waals surface area contributed by atoms with Crippen molar-refractivity contribution in [1.82, 2.24) is 4.31 Å². The van der Waals surface area contributed by atoms with E-state index in [-0.39, 0.29) is 17.4 Å². The third-order valence-electron chi connectivity index (χ3n) is 3.60. The molecule has 0 amide bonds. The number of rotatable bonds is 3. The molecule has 0 aliphatic carbocycles. The lowest BCUT2D eigenvalue weighted by Gasteiger charge is -2.18. The molecule has 2 N–H and O–H groups in total. The number of sulfonamides is 1. The molecule has 1 aliphatic heterocycles. The number of esters is 1. The van der Waals surface area contributed by atoms with Crippen molar-refractivity contribution in [3.63, 3.8) is 0 Å². The SMILES string of the molecule is COC(=O)C1CCN(S(=O)(=O)c2cc(N)c(Br)cc2C)C1. The molecule has 1 fully saturated rings. The number of nitrogens with zero attached hydrogens (tertiary/aromatic N) is 1. The second kappa shape index (κ2) is 5.94. The number of aryl methyl sites for hydroxylation is 1. The zero-order valence-corrected chi connectivity index (χ0v) is 14.2. The van der Waals surface area contributed by atoms with Crippen LogP contribution in [0.4, 0.5) is 5.69 Å². The Morgan fingerprint density at radius 3 is 2.76 bits per heavy atom. The van der Waals surface area contributed by atoms with E-state index in [1.54, 1.807) is 13.0 Å². The minimum atomic E-state index is -3.66. The van der Waals surface area contributed by atoms with Crippen molar-refractivity contribution in [3.8, 4) is 0 Å². The van der Waals surface area contributed by atoms with E-state index in [4.69, 9.17) is 5.73 Å². The van der Waals surface area contributed by atoms with Gasteiger partial charge < -0.3 is 10.5 Å². The van der Waals surface area contributed by atoms with Crippen LogP contribution in [0.25, 0.3) is 0 Å². The van der Waals surface area contributed by atoms with Gasteiger partial charge in [-0.2, -0.15) is 4.31 Å². The van der Waals surface area contributed by atoms with E-state index in [1.807, 2.05) is 0 Å². The maximum atomic E-state index is 12.7. The summed E-state index contributed by atoms with van der Waals surface area (Å²) in [5.41, 5.74) is 6.75. The lowest BCUT2D eigenvalue weighted by Crippen LogP contribution is -2.31. The lowest BCUT2D eigenvalue weighted by atomic mass is 10.1. The van der Waals surface area contributed by atoms with Crippen LogP contribution in [-0.2, 0) is 19.6 Å². The predicted molar refractivity (Wildman–Crippen MR) is 82.2 cm³/mol. The first-order valence-electron chi connectivity index (χ1n) is 6.41. The number of halogens is 1. The van der Waals surface area contributed by atoms with Crippen LogP contribution in [-0.4, -0.2) is 38.9 Å². The molecule has 1 aromatic rings. The van der Waals surface area contributed by atoms with Crippen molar-refractivity contribution >= 4 is 37.6 Å². The van der Waals surface area contributed by atoms with Crippen LogP contribution in [0.2, 0.25) is 0 Å². The quantitative estimate of drug-likeness (QED) is 0.637. The van der Waals surface area contributed by atoms with Gasteiger partial charge in [0.15, 0.2) is 0 Å². The van der Waals surface area contributed by atoms with Gasteiger partial charge in [0.05, 0.1) is 17.9 Å². The van der Waals surface area contributed by atoms with Crippen LogP contribution >= 0.6 is 15.9 Å². The van der Waals surface area contributed by atoms with E-state index in [9.17, 15) is 13.2 Å². The Hall–Kier alpha value is -1.12. The summed E-state index contributed by atoms with van der Waals surface area (Å²) in [6.45, 7) is 2.16. The number of hydrogen-bond acceptors (Lipinski definition) is 5.